The van der Waals surface area contributed by atoms with Crippen LogP contribution in [-0.2, 0) is 0 Å². The number of rotatable bonds is 5. The van der Waals surface area contributed by atoms with Gasteiger partial charge in [-0.3, -0.25) is 10.1 Å². The molecule has 1 aromatic carbocycles. The zero-order valence-electron chi connectivity index (χ0n) is 11.2. The Balaban J connectivity index is 2.49. The van der Waals surface area contributed by atoms with Crippen molar-refractivity contribution in [3.05, 3.63) is 44.2 Å². The molecule has 1 atom stereocenters. The van der Waals surface area contributed by atoms with Crippen molar-refractivity contribution in [1.29, 1.82) is 0 Å². The van der Waals surface area contributed by atoms with E-state index in [1.54, 1.807) is 6.20 Å². The Morgan fingerprint density at radius 3 is 2.81 bits per heavy atom. The van der Waals surface area contributed by atoms with Crippen molar-refractivity contribution in [2.75, 3.05) is 0 Å². The first-order chi connectivity index (χ1) is 9.93. The van der Waals surface area contributed by atoms with Gasteiger partial charge in [0, 0.05) is 11.1 Å². The van der Waals surface area contributed by atoms with Crippen molar-refractivity contribution in [1.82, 2.24) is 15.0 Å². The van der Waals surface area contributed by atoms with Crippen molar-refractivity contribution >= 4 is 28.9 Å². The lowest BCUT2D eigenvalue weighted by Gasteiger charge is -2.06. The third-order valence-electron chi connectivity index (χ3n) is 2.92. The van der Waals surface area contributed by atoms with Crippen LogP contribution in [0.2, 0.25) is 10.0 Å². The molecule has 0 aliphatic carbocycles. The predicted octanol–water partition coefficient (Wildman–Crippen LogP) is 3.28. The van der Waals surface area contributed by atoms with Crippen molar-refractivity contribution in [2.45, 2.75) is 25.8 Å². The Labute approximate surface area is 130 Å². The highest BCUT2D eigenvalue weighted by Crippen LogP contribution is 2.33. The van der Waals surface area contributed by atoms with Crippen LogP contribution in [0.25, 0.3) is 5.69 Å². The largest absolute Gasteiger partial charge is 0.323 e. The molecule has 2 N–H and O–H groups in total. The van der Waals surface area contributed by atoms with Crippen LogP contribution >= 0.6 is 23.2 Å². The minimum atomic E-state index is -0.569. The molecule has 0 spiro atoms. The van der Waals surface area contributed by atoms with Crippen LogP contribution in [0.3, 0.4) is 0 Å². The molecule has 1 unspecified atom stereocenters. The maximum atomic E-state index is 11.1. The van der Waals surface area contributed by atoms with Crippen LogP contribution < -0.4 is 5.73 Å². The summed E-state index contributed by atoms with van der Waals surface area (Å²) < 4.78 is 1.25. The van der Waals surface area contributed by atoms with Gasteiger partial charge in [0.2, 0.25) is 0 Å². The van der Waals surface area contributed by atoms with Gasteiger partial charge in [-0.05, 0) is 12.5 Å². The Morgan fingerprint density at radius 2 is 2.19 bits per heavy atom. The molecule has 7 nitrogen and oxygen atoms in total. The van der Waals surface area contributed by atoms with E-state index in [2.05, 4.69) is 10.3 Å². The first-order valence-corrected chi connectivity index (χ1v) is 7.01. The summed E-state index contributed by atoms with van der Waals surface area (Å²) in [6.07, 6.45) is 3.19. The molecule has 0 aliphatic heterocycles. The fourth-order valence-electron chi connectivity index (χ4n) is 1.93. The van der Waals surface area contributed by atoms with Crippen LogP contribution in [0.5, 0.6) is 0 Å². The van der Waals surface area contributed by atoms with E-state index in [4.69, 9.17) is 28.9 Å². The molecule has 0 saturated carbocycles. The summed E-state index contributed by atoms with van der Waals surface area (Å²) in [7, 11) is 0. The van der Waals surface area contributed by atoms with Crippen LogP contribution in [-0.4, -0.2) is 19.9 Å². The second-order valence-electron chi connectivity index (χ2n) is 4.50. The summed E-state index contributed by atoms with van der Waals surface area (Å²) in [5.41, 5.74) is 6.38. The first kappa shape index (κ1) is 15.7. The molecular formula is C12H13Cl2N5O2. The summed E-state index contributed by atoms with van der Waals surface area (Å²) >= 11 is 11.9. The Morgan fingerprint density at radius 1 is 1.48 bits per heavy atom. The van der Waals surface area contributed by atoms with Crippen LogP contribution in [0.15, 0.2) is 18.3 Å². The summed E-state index contributed by atoms with van der Waals surface area (Å²) in [6.45, 7) is 2.01. The molecule has 0 aliphatic rings. The number of nitro groups is 1. The fraction of sp³-hybridized carbons (Fsp3) is 0.333. The highest BCUT2D eigenvalue weighted by molar-refractivity contribution is 6.36. The van der Waals surface area contributed by atoms with Crippen LogP contribution in [0.1, 0.15) is 31.5 Å². The van der Waals surface area contributed by atoms with Gasteiger partial charge in [0.25, 0.3) is 5.69 Å². The number of aromatic nitrogens is 3. The second-order valence-corrected chi connectivity index (χ2v) is 5.34. The van der Waals surface area contributed by atoms with Gasteiger partial charge in [-0.25, -0.2) is 4.68 Å². The summed E-state index contributed by atoms with van der Waals surface area (Å²) in [4.78, 5) is 10.6. The van der Waals surface area contributed by atoms with E-state index in [0.29, 0.717) is 5.69 Å². The molecule has 2 rings (SSSR count). The quantitative estimate of drug-likeness (QED) is 0.670. The molecule has 1 heterocycles. The Hall–Kier alpha value is -1.70. The van der Waals surface area contributed by atoms with Crippen molar-refractivity contribution in [3.63, 3.8) is 0 Å². The normalized spacial score (nSPS) is 12.4. The molecule has 21 heavy (non-hydrogen) atoms. The third kappa shape index (κ3) is 3.31. The SMILES string of the molecule is CCCC(N)c1cn(-c2c(Cl)cc(Cl)cc2[N+](=O)[O-])nn1. The topological polar surface area (TPSA) is 99.9 Å². The minimum absolute atomic E-state index is 0.119. The molecule has 0 fully saturated rings. The number of benzene rings is 1. The minimum Gasteiger partial charge on any atom is -0.323 e. The van der Waals surface area contributed by atoms with Gasteiger partial charge in [0.15, 0.2) is 5.69 Å². The average Bonchev–Trinajstić information content (AvgIpc) is 2.87. The molecular weight excluding hydrogens is 317 g/mol. The smallest absolute Gasteiger partial charge is 0.297 e. The molecule has 1 aromatic heterocycles. The zero-order chi connectivity index (χ0) is 15.6. The van der Waals surface area contributed by atoms with Crippen LogP contribution in [0, 0.1) is 10.1 Å². The van der Waals surface area contributed by atoms with E-state index in [1.807, 2.05) is 6.92 Å². The maximum absolute atomic E-state index is 11.1. The first-order valence-electron chi connectivity index (χ1n) is 6.25. The lowest BCUT2D eigenvalue weighted by atomic mass is 10.1. The number of hydrogen-bond acceptors (Lipinski definition) is 5. The molecule has 2 aromatic rings. The second kappa shape index (κ2) is 6.38. The zero-order valence-corrected chi connectivity index (χ0v) is 12.7. The molecule has 112 valence electrons. The van der Waals surface area contributed by atoms with Crippen molar-refractivity contribution in [3.8, 4) is 5.69 Å². The summed E-state index contributed by atoms with van der Waals surface area (Å²) in [6, 6.07) is 2.36. The van der Waals surface area contributed by atoms with Crippen molar-refractivity contribution < 1.29 is 4.92 Å². The Bertz CT molecular complexity index is 674. The third-order valence-corrected chi connectivity index (χ3v) is 3.43. The van der Waals surface area contributed by atoms with Crippen molar-refractivity contribution in [2.24, 2.45) is 5.73 Å². The summed E-state index contributed by atoms with van der Waals surface area (Å²) in [5.74, 6) is 0. The Kier molecular flexibility index (Phi) is 4.76. The lowest BCUT2D eigenvalue weighted by Crippen LogP contribution is -2.10. The van der Waals surface area contributed by atoms with Crippen LogP contribution in [0.4, 0.5) is 5.69 Å². The standard InChI is InChI=1S/C12H13Cl2N5O2/c1-2-3-9(15)10-6-18(17-16-10)12-8(14)4-7(13)5-11(12)19(20)21/h4-6,9H,2-3,15H2,1H3. The van der Waals surface area contributed by atoms with Gasteiger partial charge in [0.05, 0.1) is 27.9 Å². The van der Waals surface area contributed by atoms with E-state index in [1.165, 1.54) is 16.8 Å². The molecule has 0 saturated heterocycles. The van der Waals surface area contributed by atoms with Gasteiger partial charge in [-0.15, -0.1) is 5.10 Å². The van der Waals surface area contributed by atoms with Gasteiger partial charge in [0.1, 0.15) is 0 Å². The highest BCUT2D eigenvalue weighted by atomic mass is 35.5. The fourth-order valence-corrected chi connectivity index (χ4v) is 2.50. The van der Waals surface area contributed by atoms with E-state index >= 15 is 0 Å². The van der Waals surface area contributed by atoms with Gasteiger partial charge in [-0.2, -0.15) is 0 Å². The van der Waals surface area contributed by atoms with Gasteiger partial charge in [-0.1, -0.05) is 41.8 Å². The lowest BCUT2D eigenvalue weighted by molar-refractivity contribution is -0.384. The molecule has 9 heteroatoms. The van der Waals surface area contributed by atoms with E-state index in [9.17, 15) is 10.1 Å². The number of nitro benzene ring substituents is 1. The monoisotopic (exact) mass is 329 g/mol. The number of halogens is 2. The molecule has 0 radical (unpaired) electrons. The molecule has 0 bridgehead atoms. The van der Waals surface area contributed by atoms with E-state index < -0.39 is 4.92 Å². The average molecular weight is 330 g/mol. The van der Waals surface area contributed by atoms with Gasteiger partial charge < -0.3 is 5.73 Å². The highest BCUT2D eigenvalue weighted by Gasteiger charge is 2.22. The number of nitrogens with zero attached hydrogens (tertiary/aromatic N) is 4. The summed E-state index contributed by atoms with van der Waals surface area (Å²) in [5, 5.41) is 19.3. The predicted molar refractivity (Wildman–Crippen MR) is 79.9 cm³/mol. The number of nitrogens with two attached hydrogens (primary N) is 1. The maximum Gasteiger partial charge on any atom is 0.297 e. The van der Waals surface area contributed by atoms with Gasteiger partial charge >= 0.3 is 0 Å². The number of hydrogen-bond donors (Lipinski definition) is 1. The van der Waals surface area contributed by atoms with E-state index in [0.717, 1.165) is 12.8 Å². The molecule has 0 amide bonds. The van der Waals surface area contributed by atoms with E-state index in [-0.39, 0.29) is 27.5 Å².